The predicted octanol–water partition coefficient (Wildman–Crippen LogP) is 4.42. The van der Waals surface area contributed by atoms with Crippen molar-refractivity contribution in [2.45, 2.75) is 48.0 Å². The van der Waals surface area contributed by atoms with Gasteiger partial charge in [-0.2, -0.15) is 0 Å². The molecule has 4 heteroatoms. The Kier molecular flexibility index (Phi) is 7.13. The van der Waals surface area contributed by atoms with Crippen LogP contribution in [-0.4, -0.2) is 22.0 Å². The minimum atomic E-state index is -0.858. The van der Waals surface area contributed by atoms with E-state index in [9.17, 15) is 10.0 Å². The summed E-state index contributed by atoms with van der Waals surface area (Å²) in [5.41, 5.74) is 0.172. The molecule has 0 spiro atoms. The van der Waals surface area contributed by atoms with Crippen LogP contribution in [0.3, 0.4) is 0 Å². The number of rotatable bonds is 5. The number of carboxylic acids is 1. The van der Waals surface area contributed by atoms with Crippen LogP contribution in [0.25, 0.3) is 0 Å². The molecule has 0 aliphatic heterocycles. The summed E-state index contributed by atoms with van der Waals surface area (Å²) in [6.07, 6.45) is 0.00581. The van der Waals surface area contributed by atoms with Crippen molar-refractivity contribution in [1.82, 2.24) is 0 Å². The summed E-state index contributed by atoms with van der Waals surface area (Å²) >= 11 is 0. The van der Waals surface area contributed by atoms with Gasteiger partial charge in [-0.05, 0) is 11.0 Å². The number of benzene rings is 1. The van der Waals surface area contributed by atoms with Crippen LogP contribution in [-0.2, 0) is 4.79 Å². The lowest BCUT2D eigenvalue weighted by atomic mass is 9.62. The van der Waals surface area contributed by atoms with Gasteiger partial charge in [0, 0.05) is 5.41 Å². The van der Waals surface area contributed by atoms with Crippen molar-refractivity contribution < 1.29 is 15.1 Å². The van der Waals surface area contributed by atoms with E-state index in [1.54, 1.807) is 0 Å². The third kappa shape index (κ3) is 4.59. The van der Waals surface area contributed by atoms with Crippen LogP contribution in [0.5, 0.6) is 0 Å². The molecule has 4 nitrogen and oxygen atoms in total. The van der Waals surface area contributed by atoms with E-state index in [1.165, 1.54) is 0 Å². The molecule has 0 atom stereocenters. The molecule has 0 amide bonds. The monoisotopic (exact) mass is 293 g/mol. The Hall–Kier alpha value is -1.84. The molecular formula is C17H27NO3. The first-order valence-electron chi connectivity index (χ1n) is 7.22. The van der Waals surface area contributed by atoms with Gasteiger partial charge < -0.3 is 10.3 Å². The first-order chi connectivity index (χ1) is 9.72. The second-order valence-electron chi connectivity index (χ2n) is 5.89. The first kappa shape index (κ1) is 19.2. The molecule has 1 aromatic carbocycles. The van der Waals surface area contributed by atoms with Gasteiger partial charge in [-0.15, -0.1) is 0 Å². The maximum Gasteiger partial charge on any atom is 0.303 e. The lowest BCUT2D eigenvalue weighted by Crippen LogP contribution is -2.41. The first-order valence-corrected chi connectivity index (χ1v) is 7.22. The second kappa shape index (κ2) is 7.81. The molecule has 0 fully saturated rings. The highest BCUT2D eigenvalue weighted by molar-refractivity contribution is 6.04. The quantitative estimate of drug-likeness (QED) is 0.479. The van der Waals surface area contributed by atoms with Crippen molar-refractivity contribution in [3.05, 3.63) is 35.9 Å². The minimum Gasteiger partial charge on any atom is -0.481 e. The largest absolute Gasteiger partial charge is 0.481 e. The minimum absolute atomic E-state index is 0.00581. The molecule has 0 saturated carbocycles. The van der Waals surface area contributed by atoms with Gasteiger partial charge in [-0.25, -0.2) is 0 Å². The highest BCUT2D eigenvalue weighted by atomic mass is 16.4. The van der Waals surface area contributed by atoms with Crippen LogP contribution in [0.4, 0.5) is 0 Å². The molecule has 21 heavy (non-hydrogen) atoms. The van der Waals surface area contributed by atoms with Crippen molar-refractivity contribution in [3.8, 4) is 0 Å². The summed E-state index contributed by atoms with van der Waals surface area (Å²) < 4.78 is 0. The molecule has 0 saturated heterocycles. The molecule has 0 aliphatic rings. The van der Waals surface area contributed by atoms with Crippen LogP contribution < -0.4 is 0 Å². The fourth-order valence-electron chi connectivity index (χ4n) is 2.06. The molecule has 1 aromatic rings. The zero-order valence-corrected chi connectivity index (χ0v) is 13.8. The van der Waals surface area contributed by atoms with E-state index in [1.807, 2.05) is 71.9 Å². The SMILES string of the molecule is CC.CC(C)(CC(=O)O)C(C)(C)/C(=N\O)c1ccccc1. The van der Waals surface area contributed by atoms with Crippen molar-refractivity contribution in [1.29, 1.82) is 0 Å². The van der Waals surface area contributed by atoms with Crippen LogP contribution in [0.2, 0.25) is 0 Å². The fourth-order valence-corrected chi connectivity index (χ4v) is 2.06. The number of hydrogen-bond donors (Lipinski definition) is 2. The summed E-state index contributed by atoms with van der Waals surface area (Å²) in [6, 6.07) is 9.32. The highest BCUT2D eigenvalue weighted by Gasteiger charge is 2.43. The Morgan fingerprint density at radius 2 is 1.57 bits per heavy atom. The number of carboxylic acid groups (broad SMARTS) is 1. The van der Waals surface area contributed by atoms with Crippen LogP contribution in [0.1, 0.15) is 53.5 Å². The van der Waals surface area contributed by atoms with Gasteiger partial charge in [0.15, 0.2) is 0 Å². The molecular weight excluding hydrogens is 266 g/mol. The number of aliphatic carboxylic acids is 1. The van der Waals surface area contributed by atoms with Gasteiger partial charge in [-0.1, -0.05) is 77.0 Å². The fraction of sp³-hybridized carbons (Fsp3) is 0.529. The molecule has 0 unspecified atom stereocenters. The molecule has 118 valence electrons. The standard InChI is InChI=1S/C15H21NO3.C2H6/c1-14(2,10-12(17)18)15(3,4)13(16-19)11-8-6-5-7-9-11;1-2/h5-9,19H,10H2,1-4H3,(H,17,18);1-2H3/b16-13-;. The zero-order chi connectivity index (χ0) is 16.7. The topological polar surface area (TPSA) is 69.9 Å². The maximum absolute atomic E-state index is 11.0. The Bertz CT molecular complexity index is 476. The summed E-state index contributed by atoms with van der Waals surface area (Å²) in [6.45, 7) is 11.5. The molecule has 1 rings (SSSR count). The average Bonchev–Trinajstić information content (AvgIpc) is 2.41. The van der Waals surface area contributed by atoms with E-state index in [4.69, 9.17) is 5.11 Å². The van der Waals surface area contributed by atoms with Crippen LogP contribution in [0.15, 0.2) is 35.5 Å². The number of nitrogens with zero attached hydrogens (tertiary/aromatic N) is 1. The van der Waals surface area contributed by atoms with Crippen LogP contribution >= 0.6 is 0 Å². The number of oxime groups is 1. The summed E-state index contributed by atoms with van der Waals surface area (Å²) in [5.74, 6) is -0.858. The van der Waals surface area contributed by atoms with E-state index in [0.29, 0.717) is 5.71 Å². The Morgan fingerprint density at radius 1 is 1.10 bits per heavy atom. The van der Waals surface area contributed by atoms with Crippen molar-refractivity contribution in [2.24, 2.45) is 16.0 Å². The Morgan fingerprint density at radius 3 is 1.95 bits per heavy atom. The van der Waals surface area contributed by atoms with E-state index < -0.39 is 16.8 Å². The van der Waals surface area contributed by atoms with E-state index in [-0.39, 0.29) is 6.42 Å². The van der Waals surface area contributed by atoms with Crippen molar-refractivity contribution >= 4 is 11.7 Å². The molecule has 2 N–H and O–H groups in total. The van der Waals surface area contributed by atoms with Gasteiger partial charge >= 0.3 is 5.97 Å². The highest BCUT2D eigenvalue weighted by Crippen LogP contribution is 2.44. The number of hydrogen-bond acceptors (Lipinski definition) is 3. The Labute approximate surface area is 127 Å². The molecule has 0 aliphatic carbocycles. The van der Waals surface area contributed by atoms with E-state index >= 15 is 0 Å². The second-order valence-corrected chi connectivity index (χ2v) is 5.89. The van der Waals surface area contributed by atoms with Gasteiger partial charge in [0.2, 0.25) is 0 Å². The molecule has 0 aromatic heterocycles. The average molecular weight is 293 g/mol. The van der Waals surface area contributed by atoms with E-state index in [2.05, 4.69) is 5.16 Å². The maximum atomic E-state index is 11.0. The van der Waals surface area contributed by atoms with Crippen molar-refractivity contribution in [3.63, 3.8) is 0 Å². The lowest BCUT2D eigenvalue weighted by molar-refractivity contribution is -0.140. The lowest BCUT2D eigenvalue weighted by Gasteiger charge is -2.41. The summed E-state index contributed by atoms with van der Waals surface area (Å²) in [7, 11) is 0. The van der Waals surface area contributed by atoms with E-state index in [0.717, 1.165) is 5.56 Å². The predicted molar refractivity (Wildman–Crippen MR) is 85.9 cm³/mol. The molecule has 0 radical (unpaired) electrons. The number of carbonyl (C=O) groups is 1. The third-order valence-corrected chi connectivity index (χ3v) is 4.02. The molecule has 0 bridgehead atoms. The summed E-state index contributed by atoms with van der Waals surface area (Å²) in [4.78, 5) is 11.0. The normalized spacial score (nSPS) is 12.4. The zero-order valence-electron chi connectivity index (χ0n) is 13.8. The van der Waals surface area contributed by atoms with Gasteiger partial charge in [-0.3, -0.25) is 4.79 Å². The Balaban J connectivity index is 0.00000191. The van der Waals surface area contributed by atoms with Crippen LogP contribution in [0, 0.1) is 10.8 Å². The summed E-state index contributed by atoms with van der Waals surface area (Å²) in [5, 5.41) is 21.8. The smallest absolute Gasteiger partial charge is 0.303 e. The van der Waals surface area contributed by atoms with Crippen molar-refractivity contribution in [2.75, 3.05) is 0 Å². The van der Waals surface area contributed by atoms with Gasteiger partial charge in [0.1, 0.15) is 0 Å². The van der Waals surface area contributed by atoms with Gasteiger partial charge in [0.05, 0.1) is 12.1 Å². The molecule has 0 heterocycles. The van der Waals surface area contributed by atoms with Gasteiger partial charge in [0.25, 0.3) is 0 Å². The third-order valence-electron chi connectivity index (χ3n) is 4.02.